The highest BCUT2D eigenvalue weighted by Crippen LogP contribution is 2.67. The Balaban J connectivity index is 1.56. The van der Waals surface area contributed by atoms with E-state index in [0.717, 1.165) is 42.7 Å². The molecule has 0 aromatic carbocycles. The van der Waals surface area contributed by atoms with Crippen molar-refractivity contribution in [1.82, 2.24) is 0 Å². The van der Waals surface area contributed by atoms with E-state index in [0.29, 0.717) is 42.8 Å². The minimum atomic E-state index is -0.321. The number of allylic oxidation sites excluding steroid dienone is 1. The van der Waals surface area contributed by atoms with E-state index in [2.05, 4.69) is 40.7 Å². The molecular weight excluding hydrogens is 526 g/mol. The standard InChI is InChI=1S/C36H57NO5/c1-8-40-33(39)14-9-10-21-41-37-32-23-27-22-28(42-26(5)38)17-19-35(27,6)31-18-20-36(7)29(15-16-30(36)34(31)32)25(4)13-11-12-24(2)3/h9,14,23-25,28-31,34H,8,10-13,15-22H2,1-7H3/b14-9+,37-32+/t25-,28+,29-,30+,31+,34+,35+,36-/m1/s1. The Bertz CT molecular complexity index is 1050. The monoisotopic (exact) mass is 583 g/mol. The predicted octanol–water partition coefficient (Wildman–Crippen LogP) is 8.45. The summed E-state index contributed by atoms with van der Waals surface area (Å²) in [6.45, 7) is 16.4. The molecule has 3 fully saturated rings. The number of oxime groups is 1. The lowest BCUT2D eigenvalue weighted by molar-refractivity contribution is -0.148. The Labute approximate surface area is 255 Å². The van der Waals surface area contributed by atoms with Gasteiger partial charge in [-0.3, -0.25) is 4.79 Å². The van der Waals surface area contributed by atoms with Gasteiger partial charge < -0.3 is 14.3 Å². The zero-order chi connectivity index (χ0) is 30.5. The van der Waals surface area contributed by atoms with Gasteiger partial charge in [-0.1, -0.05) is 70.7 Å². The summed E-state index contributed by atoms with van der Waals surface area (Å²) in [5.74, 6) is 3.32. The Morgan fingerprint density at radius 3 is 2.57 bits per heavy atom. The molecule has 0 amide bonds. The normalized spacial score (nSPS) is 35.8. The first kappa shape index (κ1) is 32.8. The number of fused-ring (bicyclic) bond motifs is 5. The van der Waals surface area contributed by atoms with Crippen LogP contribution in [0.5, 0.6) is 0 Å². The van der Waals surface area contributed by atoms with Crippen LogP contribution >= 0.6 is 0 Å². The van der Waals surface area contributed by atoms with Crippen molar-refractivity contribution in [3.8, 4) is 0 Å². The second-order valence-corrected chi connectivity index (χ2v) is 14.6. The molecule has 0 bridgehead atoms. The molecule has 0 saturated heterocycles. The summed E-state index contributed by atoms with van der Waals surface area (Å²) in [6.07, 6.45) is 18.0. The lowest BCUT2D eigenvalue weighted by Crippen LogP contribution is -2.54. The number of rotatable bonds is 12. The van der Waals surface area contributed by atoms with E-state index in [1.54, 1.807) is 13.0 Å². The second kappa shape index (κ2) is 14.1. The minimum Gasteiger partial charge on any atom is -0.463 e. The molecule has 0 unspecified atom stereocenters. The third-order valence-corrected chi connectivity index (χ3v) is 11.5. The lowest BCUT2D eigenvalue weighted by atomic mass is 9.46. The van der Waals surface area contributed by atoms with Crippen molar-refractivity contribution in [2.24, 2.45) is 51.5 Å². The van der Waals surface area contributed by atoms with Gasteiger partial charge in [0.2, 0.25) is 0 Å². The van der Waals surface area contributed by atoms with E-state index in [1.807, 2.05) is 0 Å². The van der Waals surface area contributed by atoms with Gasteiger partial charge in [-0.2, -0.15) is 0 Å². The van der Waals surface area contributed by atoms with E-state index in [1.165, 1.54) is 63.5 Å². The molecule has 4 aliphatic carbocycles. The Morgan fingerprint density at radius 1 is 1.07 bits per heavy atom. The van der Waals surface area contributed by atoms with Crippen molar-refractivity contribution >= 4 is 17.7 Å². The zero-order valence-electron chi connectivity index (χ0n) is 27.5. The van der Waals surface area contributed by atoms with E-state index in [9.17, 15) is 9.59 Å². The molecule has 42 heavy (non-hydrogen) atoms. The minimum absolute atomic E-state index is 0.0510. The number of carbonyl (C=O) groups is 2. The summed E-state index contributed by atoms with van der Waals surface area (Å²) in [4.78, 5) is 29.3. The fraction of sp³-hybridized carbons (Fsp3) is 0.806. The summed E-state index contributed by atoms with van der Waals surface area (Å²) >= 11 is 0. The maximum absolute atomic E-state index is 11.8. The average molecular weight is 584 g/mol. The highest BCUT2D eigenvalue weighted by molar-refractivity contribution is 5.99. The molecule has 0 aromatic heterocycles. The van der Waals surface area contributed by atoms with Crippen LogP contribution in [-0.2, 0) is 23.9 Å². The number of ether oxygens (including phenoxy) is 2. The van der Waals surface area contributed by atoms with Crippen LogP contribution < -0.4 is 0 Å². The second-order valence-electron chi connectivity index (χ2n) is 14.6. The first-order valence-corrected chi connectivity index (χ1v) is 16.9. The summed E-state index contributed by atoms with van der Waals surface area (Å²) in [6, 6.07) is 0. The van der Waals surface area contributed by atoms with E-state index < -0.39 is 0 Å². The molecule has 4 aliphatic rings. The molecule has 3 saturated carbocycles. The van der Waals surface area contributed by atoms with Crippen LogP contribution in [0.4, 0.5) is 0 Å². The highest BCUT2D eigenvalue weighted by atomic mass is 16.6. The van der Waals surface area contributed by atoms with Gasteiger partial charge in [-0.05, 0) is 91.9 Å². The van der Waals surface area contributed by atoms with Gasteiger partial charge in [-0.15, -0.1) is 0 Å². The zero-order valence-corrected chi connectivity index (χ0v) is 27.5. The smallest absolute Gasteiger partial charge is 0.330 e. The molecule has 6 nitrogen and oxygen atoms in total. The van der Waals surface area contributed by atoms with Crippen molar-refractivity contribution < 1.29 is 23.9 Å². The highest BCUT2D eigenvalue weighted by Gasteiger charge is 2.61. The molecule has 6 heteroatoms. The van der Waals surface area contributed by atoms with Crippen molar-refractivity contribution in [1.29, 1.82) is 0 Å². The van der Waals surface area contributed by atoms with Gasteiger partial charge >= 0.3 is 11.9 Å². The Hall–Kier alpha value is -2.11. The largest absolute Gasteiger partial charge is 0.463 e. The van der Waals surface area contributed by atoms with E-state index in [4.69, 9.17) is 19.5 Å². The number of nitrogens with zero attached hydrogens (tertiary/aromatic N) is 1. The molecule has 0 radical (unpaired) electrons. The average Bonchev–Trinajstić information content (AvgIpc) is 3.28. The van der Waals surface area contributed by atoms with Crippen LogP contribution in [0, 0.1) is 46.3 Å². The van der Waals surface area contributed by atoms with Crippen molar-refractivity contribution in [3.63, 3.8) is 0 Å². The third kappa shape index (κ3) is 7.16. The molecular formula is C36H57NO5. The Kier molecular flexibility index (Phi) is 11.0. The third-order valence-electron chi connectivity index (χ3n) is 11.5. The number of esters is 2. The first-order valence-electron chi connectivity index (χ1n) is 16.9. The molecule has 4 rings (SSSR count). The van der Waals surface area contributed by atoms with Gasteiger partial charge in [0.1, 0.15) is 12.7 Å². The van der Waals surface area contributed by atoms with Crippen molar-refractivity contribution in [2.45, 2.75) is 125 Å². The number of hydrogen-bond donors (Lipinski definition) is 0. The summed E-state index contributed by atoms with van der Waals surface area (Å²) < 4.78 is 10.7. The van der Waals surface area contributed by atoms with Crippen molar-refractivity contribution in [2.75, 3.05) is 13.2 Å². The van der Waals surface area contributed by atoms with Crippen LogP contribution in [-0.4, -0.2) is 37.0 Å². The topological polar surface area (TPSA) is 74.2 Å². The molecule has 0 aliphatic heterocycles. The first-order chi connectivity index (χ1) is 20.0. The van der Waals surface area contributed by atoms with Crippen LogP contribution in [0.25, 0.3) is 0 Å². The summed E-state index contributed by atoms with van der Waals surface area (Å²) in [5, 5.41) is 4.84. The molecule has 236 valence electrons. The van der Waals surface area contributed by atoms with Crippen LogP contribution in [0.1, 0.15) is 119 Å². The SMILES string of the molecule is CCOC(=O)/C=C/CCO/N=C1\C=C2C[C@@H](OC(C)=O)CC[C@]2(C)[C@H]2CC[C@]3(C)[C@@H]([C@H](C)CCCC(C)C)CC[C@H]3[C@H]12. The summed E-state index contributed by atoms with van der Waals surface area (Å²) in [7, 11) is 0. The number of carbonyl (C=O) groups excluding carboxylic acids is 2. The molecule has 8 atom stereocenters. The van der Waals surface area contributed by atoms with Crippen LogP contribution in [0.15, 0.2) is 29.0 Å². The van der Waals surface area contributed by atoms with Gasteiger partial charge in [0.05, 0.1) is 12.3 Å². The summed E-state index contributed by atoms with van der Waals surface area (Å²) in [5.41, 5.74) is 2.92. The predicted molar refractivity (Wildman–Crippen MR) is 168 cm³/mol. The van der Waals surface area contributed by atoms with Crippen LogP contribution in [0.3, 0.4) is 0 Å². The fourth-order valence-corrected chi connectivity index (χ4v) is 9.45. The maximum Gasteiger partial charge on any atom is 0.330 e. The van der Waals surface area contributed by atoms with E-state index >= 15 is 0 Å². The number of hydrogen-bond acceptors (Lipinski definition) is 6. The van der Waals surface area contributed by atoms with Crippen LogP contribution in [0.2, 0.25) is 0 Å². The van der Waals surface area contributed by atoms with Gasteiger partial charge in [0.25, 0.3) is 0 Å². The molecule has 0 spiro atoms. The Morgan fingerprint density at radius 2 is 1.86 bits per heavy atom. The van der Waals surface area contributed by atoms with Gasteiger partial charge in [0, 0.05) is 31.8 Å². The molecule has 0 heterocycles. The van der Waals surface area contributed by atoms with Crippen molar-refractivity contribution in [3.05, 3.63) is 23.8 Å². The lowest BCUT2D eigenvalue weighted by Gasteiger charge is -2.58. The molecule has 0 N–H and O–H groups in total. The van der Waals surface area contributed by atoms with E-state index in [-0.39, 0.29) is 23.5 Å². The van der Waals surface area contributed by atoms with Gasteiger partial charge in [-0.25, -0.2) is 4.79 Å². The maximum atomic E-state index is 11.8. The fourth-order valence-electron chi connectivity index (χ4n) is 9.45. The molecule has 0 aromatic rings. The van der Waals surface area contributed by atoms with Gasteiger partial charge in [0.15, 0.2) is 0 Å². The quantitative estimate of drug-likeness (QED) is 0.0997.